The van der Waals surface area contributed by atoms with Gasteiger partial charge in [-0.25, -0.2) is 4.98 Å². The number of thiazole rings is 1. The third-order valence-corrected chi connectivity index (χ3v) is 5.85. The molecule has 0 bridgehead atoms. The summed E-state index contributed by atoms with van der Waals surface area (Å²) in [5, 5.41) is 5.77. The van der Waals surface area contributed by atoms with Gasteiger partial charge in [-0.1, -0.05) is 35.3 Å². The molecular formula is C17H10Cl2N2O3S2. The lowest BCUT2D eigenvalue weighted by Gasteiger charge is -1.99. The summed E-state index contributed by atoms with van der Waals surface area (Å²) >= 11 is 14.7. The summed E-state index contributed by atoms with van der Waals surface area (Å²) in [7, 11) is 1.55. The molecule has 1 amide bonds. The number of hydrogen-bond donors (Lipinski definition) is 1. The Hall–Kier alpha value is -2.06. The first-order chi connectivity index (χ1) is 12.5. The molecule has 3 aromatic heterocycles. The van der Waals surface area contributed by atoms with Crippen LogP contribution in [0.4, 0.5) is 5.13 Å². The number of para-hydroxylation sites is 1. The minimum absolute atomic E-state index is 0.179. The molecule has 0 radical (unpaired) electrons. The first kappa shape index (κ1) is 17.4. The maximum Gasteiger partial charge on any atom is 0.293 e. The van der Waals surface area contributed by atoms with E-state index in [1.807, 2.05) is 17.5 Å². The number of amides is 1. The summed E-state index contributed by atoms with van der Waals surface area (Å²) in [6.45, 7) is 0. The molecule has 9 heteroatoms. The fourth-order valence-corrected chi connectivity index (χ4v) is 4.62. The number of nitrogens with one attached hydrogen (secondary N) is 1. The molecule has 0 fully saturated rings. The van der Waals surface area contributed by atoms with E-state index in [4.69, 9.17) is 32.4 Å². The van der Waals surface area contributed by atoms with Crippen molar-refractivity contribution < 1.29 is 13.9 Å². The standard InChI is InChI=1S/C17H10Cl2N2O3S2/c1-23-11-4-2-3-8-5-12(24-14(8)11)16(22)21-17-20-10(7-25-17)9-6-13(18)26-15(9)19/h2-7H,1H3,(H,20,21,22). The van der Waals surface area contributed by atoms with Gasteiger partial charge in [0, 0.05) is 16.3 Å². The largest absolute Gasteiger partial charge is 0.493 e. The highest BCUT2D eigenvalue weighted by Gasteiger charge is 2.17. The van der Waals surface area contributed by atoms with Crippen molar-refractivity contribution in [1.29, 1.82) is 0 Å². The molecule has 26 heavy (non-hydrogen) atoms. The molecule has 0 saturated heterocycles. The summed E-state index contributed by atoms with van der Waals surface area (Å²) in [5.41, 5.74) is 1.93. The number of hydrogen-bond acceptors (Lipinski definition) is 6. The Morgan fingerprint density at radius 3 is 2.88 bits per heavy atom. The van der Waals surface area contributed by atoms with Gasteiger partial charge in [0.05, 0.1) is 17.1 Å². The molecule has 3 heterocycles. The van der Waals surface area contributed by atoms with Crippen LogP contribution in [0.5, 0.6) is 5.75 Å². The summed E-state index contributed by atoms with van der Waals surface area (Å²) in [6, 6.07) is 8.87. The zero-order valence-electron chi connectivity index (χ0n) is 13.2. The Morgan fingerprint density at radius 1 is 1.31 bits per heavy atom. The smallest absolute Gasteiger partial charge is 0.293 e. The van der Waals surface area contributed by atoms with Gasteiger partial charge >= 0.3 is 0 Å². The lowest BCUT2D eigenvalue weighted by atomic mass is 10.2. The molecule has 1 aromatic carbocycles. The van der Waals surface area contributed by atoms with E-state index < -0.39 is 5.91 Å². The van der Waals surface area contributed by atoms with Gasteiger partial charge in [-0.15, -0.1) is 22.7 Å². The number of benzene rings is 1. The van der Waals surface area contributed by atoms with E-state index in [1.165, 1.54) is 22.7 Å². The maximum absolute atomic E-state index is 12.5. The van der Waals surface area contributed by atoms with Crippen LogP contribution in [-0.4, -0.2) is 18.0 Å². The van der Waals surface area contributed by atoms with Crippen molar-refractivity contribution in [3.63, 3.8) is 0 Å². The van der Waals surface area contributed by atoms with E-state index >= 15 is 0 Å². The molecule has 0 spiro atoms. The number of aromatic nitrogens is 1. The molecule has 0 aliphatic heterocycles. The number of halogens is 2. The number of carbonyl (C=O) groups excluding carboxylic acids is 1. The average Bonchev–Trinajstić information content (AvgIpc) is 3.32. The van der Waals surface area contributed by atoms with Crippen LogP contribution in [0.2, 0.25) is 8.67 Å². The number of fused-ring (bicyclic) bond motifs is 1. The first-order valence-electron chi connectivity index (χ1n) is 7.34. The van der Waals surface area contributed by atoms with E-state index in [2.05, 4.69) is 10.3 Å². The van der Waals surface area contributed by atoms with Crippen molar-refractivity contribution in [2.24, 2.45) is 0 Å². The van der Waals surface area contributed by atoms with Crippen LogP contribution < -0.4 is 10.1 Å². The van der Waals surface area contributed by atoms with E-state index in [0.29, 0.717) is 30.8 Å². The number of anilines is 1. The number of thiophene rings is 1. The topological polar surface area (TPSA) is 64.4 Å². The zero-order chi connectivity index (χ0) is 18.3. The fraction of sp³-hybridized carbons (Fsp3) is 0.0588. The SMILES string of the molecule is COc1cccc2cc(C(=O)Nc3nc(-c4cc(Cl)sc4Cl)cs3)oc12. The van der Waals surface area contributed by atoms with E-state index in [9.17, 15) is 4.79 Å². The number of ether oxygens (including phenoxy) is 1. The normalized spacial score (nSPS) is 11.0. The minimum Gasteiger partial charge on any atom is -0.493 e. The Morgan fingerprint density at radius 2 is 2.15 bits per heavy atom. The third kappa shape index (κ3) is 3.19. The van der Waals surface area contributed by atoms with Crippen LogP contribution in [0.15, 0.2) is 40.1 Å². The molecule has 1 N–H and O–H groups in total. The Kier molecular flexibility index (Phi) is 4.62. The van der Waals surface area contributed by atoms with E-state index in [-0.39, 0.29) is 5.76 Å². The second-order valence-electron chi connectivity index (χ2n) is 5.22. The van der Waals surface area contributed by atoms with Gasteiger partial charge < -0.3 is 9.15 Å². The summed E-state index contributed by atoms with van der Waals surface area (Å²) in [5.74, 6) is 0.360. The second kappa shape index (κ2) is 6.92. The molecule has 0 unspecified atom stereocenters. The van der Waals surface area contributed by atoms with Gasteiger partial charge in [0.2, 0.25) is 0 Å². The molecule has 132 valence electrons. The van der Waals surface area contributed by atoms with Crippen LogP contribution in [-0.2, 0) is 0 Å². The Balaban J connectivity index is 1.58. The highest BCUT2D eigenvalue weighted by atomic mass is 35.5. The fourth-order valence-electron chi connectivity index (χ4n) is 2.44. The van der Waals surface area contributed by atoms with Gasteiger partial charge in [-0.2, -0.15) is 0 Å². The molecule has 0 aliphatic carbocycles. The van der Waals surface area contributed by atoms with E-state index in [1.54, 1.807) is 25.3 Å². The molecule has 0 aliphatic rings. The predicted octanol–water partition coefficient (Wildman–Crippen LogP) is 6.19. The third-order valence-electron chi connectivity index (χ3n) is 3.61. The molecule has 4 rings (SSSR count). The van der Waals surface area contributed by atoms with Gasteiger partial charge in [-0.05, 0) is 18.2 Å². The van der Waals surface area contributed by atoms with Gasteiger partial charge in [0.25, 0.3) is 5.91 Å². The minimum atomic E-state index is -0.390. The number of nitrogens with zero attached hydrogens (tertiary/aromatic N) is 1. The van der Waals surface area contributed by atoms with Gasteiger partial charge in [-0.3, -0.25) is 10.1 Å². The number of methoxy groups -OCH3 is 1. The van der Waals surface area contributed by atoms with Crippen LogP contribution >= 0.6 is 45.9 Å². The number of carbonyl (C=O) groups is 1. The molecule has 0 saturated carbocycles. The lowest BCUT2D eigenvalue weighted by molar-refractivity contribution is 0.0998. The highest BCUT2D eigenvalue weighted by Crippen LogP contribution is 2.39. The quantitative estimate of drug-likeness (QED) is 0.424. The zero-order valence-corrected chi connectivity index (χ0v) is 16.4. The van der Waals surface area contributed by atoms with Gasteiger partial charge in [0.1, 0.15) is 4.34 Å². The summed E-state index contributed by atoms with van der Waals surface area (Å²) in [4.78, 5) is 16.9. The second-order valence-corrected chi connectivity index (χ2v) is 8.36. The Bertz CT molecular complexity index is 1120. The molecule has 0 atom stereocenters. The number of furan rings is 1. The monoisotopic (exact) mass is 424 g/mol. The molecule has 5 nitrogen and oxygen atoms in total. The maximum atomic E-state index is 12.5. The van der Waals surface area contributed by atoms with Crippen molar-refractivity contribution in [2.75, 3.05) is 12.4 Å². The van der Waals surface area contributed by atoms with Crippen LogP contribution in [0.1, 0.15) is 10.6 Å². The lowest BCUT2D eigenvalue weighted by Crippen LogP contribution is -2.10. The van der Waals surface area contributed by atoms with Crippen molar-refractivity contribution in [2.45, 2.75) is 0 Å². The van der Waals surface area contributed by atoms with E-state index in [0.717, 1.165) is 10.9 Å². The van der Waals surface area contributed by atoms with Crippen LogP contribution in [0.25, 0.3) is 22.2 Å². The summed E-state index contributed by atoms with van der Waals surface area (Å²) < 4.78 is 12.0. The predicted molar refractivity (Wildman–Crippen MR) is 106 cm³/mol. The average molecular weight is 425 g/mol. The van der Waals surface area contributed by atoms with Crippen molar-refractivity contribution in [3.05, 3.63) is 50.1 Å². The number of rotatable bonds is 4. The van der Waals surface area contributed by atoms with Crippen LogP contribution in [0, 0.1) is 0 Å². The van der Waals surface area contributed by atoms with Crippen molar-refractivity contribution >= 4 is 67.9 Å². The Labute approximate surface area is 166 Å². The van der Waals surface area contributed by atoms with Crippen LogP contribution in [0.3, 0.4) is 0 Å². The highest BCUT2D eigenvalue weighted by molar-refractivity contribution is 7.20. The van der Waals surface area contributed by atoms with Gasteiger partial charge in [0.15, 0.2) is 22.2 Å². The van der Waals surface area contributed by atoms with Crippen molar-refractivity contribution in [3.8, 4) is 17.0 Å². The molecular weight excluding hydrogens is 415 g/mol. The molecule has 4 aromatic rings. The first-order valence-corrected chi connectivity index (χ1v) is 9.79. The summed E-state index contributed by atoms with van der Waals surface area (Å²) in [6.07, 6.45) is 0. The van der Waals surface area contributed by atoms with Crippen molar-refractivity contribution in [1.82, 2.24) is 4.98 Å².